The fourth-order valence-corrected chi connectivity index (χ4v) is 1.57. The molecule has 86 valence electrons. The van der Waals surface area contributed by atoms with Gasteiger partial charge in [0, 0.05) is 5.46 Å². The van der Waals surface area contributed by atoms with E-state index in [1.807, 2.05) is 18.2 Å². The SMILES string of the molecule is C=COB(OC=C)c1cccc(C=C)c1C=C. The Bertz CT molecular complexity index is 428. The number of benzene rings is 1. The Hall–Kier alpha value is -2.16. The Morgan fingerprint density at radius 3 is 2.06 bits per heavy atom. The smallest absolute Gasteiger partial charge is 0.529 e. The van der Waals surface area contributed by atoms with Gasteiger partial charge in [-0.1, -0.05) is 56.7 Å². The molecular weight excluding hydrogens is 211 g/mol. The fourth-order valence-electron chi connectivity index (χ4n) is 1.57. The maximum absolute atomic E-state index is 5.30. The van der Waals surface area contributed by atoms with Gasteiger partial charge in [-0.05, 0) is 11.1 Å². The third-order valence-electron chi connectivity index (χ3n) is 2.29. The predicted octanol–water partition coefficient (Wildman–Crippen LogP) is 2.99. The lowest BCUT2D eigenvalue weighted by Crippen LogP contribution is -2.36. The average molecular weight is 226 g/mol. The molecule has 0 heterocycles. The molecule has 0 unspecified atom stereocenters. The monoisotopic (exact) mass is 226 g/mol. The van der Waals surface area contributed by atoms with Gasteiger partial charge in [0.2, 0.25) is 0 Å². The van der Waals surface area contributed by atoms with Crippen LogP contribution in [0.5, 0.6) is 0 Å². The zero-order chi connectivity index (χ0) is 12.7. The van der Waals surface area contributed by atoms with Crippen molar-refractivity contribution in [3.63, 3.8) is 0 Å². The standard InChI is InChI=1S/C14H15BO2/c1-5-12-10-9-11-14(13(12)6-2)15(16-7-3)17-8-4/h5-11H,1-4H2. The Balaban J connectivity index is 3.25. The molecule has 0 saturated heterocycles. The minimum Gasteiger partial charge on any atom is -0.529 e. The number of hydrogen-bond donors (Lipinski definition) is 0. The molecule has 0 aromatic heterocycles. The highest BCUT2D eigenvalue weighted by Crippen LogP contribution is 2.11. The van der Waals surface area contributed by atoms with Crippen molar-refractivity contribution in [1.29, 1.82) is 0 Å². The van der Waals surface area contributed by atoms with E-state index < -0.39 is 7.12 Å². The van der Waals surface area contributed by atoms with Gasteiger partial charge in [0.1, 0.15) is 0 Å². The van der Waals surface area contributed by atoms with E-state index in [2.05, 4.69) is 26.3 Å². The van der Waals surface area contributed by atoms with E-state index in [1.165, 1.54) is 12.5 Å². The van der Waals surface area contributed by atoms with Gasteiger partial charge in [-0.25, -0.2) is 0 Å². The molecule has 0 saturated carbocycles. The maximum Gasteiger partial charge on any atom is 0.632 e. The topological polar surface area (TPSA) is 18.5 Å². The van der Waals surface area contributed by atoms with Crippen LogP contribution in [0.3, 0.4) is 0 Å². The van der Waals surface area contributed by atoms with E-state index in [9.17, 15) is 0 Å². The minimum atomic E-state index is -0.571. The van der Waals surface area contributed by atoms with E-state index in [1.54, 1.807) is 12.2 Å². The van der Waals surface area contributed by atoms with E-state index in [4.69, 9.17) is 9.31 Å². The molecule has 0 fully saturated rings. The van der Waals surface area contributed by atoms with Crippen LogP contribution in [0.15, 0.2) is 57.0 Å². The molecule has 2 nitrogen and oxygen atoms in total. The van der Waals surface area contributed by atoms with Gasteiger partial charge in [0.05, 0.1) is 12.5 Å². The minimum absolute atomic E-state index is 0.571. The van der Waals surface area contributed by atoms with Crippen LogP contribution < -0.4 is 5.46 Å². The van der Waals surface area contributed by atoms with Crippen molar-refractivity contribution in [2.45, 2.75) is 0 Å². The Morgan fingerprint density at radius 2 is 1.59 bits per heavy atom. The molecule has 0 atom stereocenters. The number of hydrogen-bond acceptors (Lipinski definition) is 2. The van der Waals surface area contributed by atoms with Crippen LogP contribution in [0.2, 0.25) is 0 Å². The molecule has 0 amide bonds. The van der Waals surface area contributed by atoms with E-state index in [-0.39, 0.29) is 0 Å². The van der Waals surface area contributed by atoms with E-state index in [0.29, 0.717) is 0 Å². The molecule has 1 rings (SSSR count). The van der Waals surface area contributed by atoms with Crippen LogP contribution in [0.25, 0.3) is 12.2 Å². The highest BCUT2D eigenvalue weighted by Gasteiger charge is 2.26. The lowest BCUT2D eigenvalue weighted by Gasteiger charge is -2.14. The lowest BCUT2D eigenvalue weighted by molar-refractivity contribution is 0.359. The van der Waals surface area contributed by atoms with Crippen LogP contribution in [-0.2, 0) is 9.31 Å². The molecule has 1 aromatic carbocycles. The fraction of sp³-hybridized carbons (Fsp3) is 0. The summed E-state index contributed by atoms with van der Waals surface area (Å²) in [6.45, 7) is 14.6. The quantitative estimate of drug-likeness (QED) is 0.525. The first kappa shape index (κ1) is 12.9. The van der Waals surface area contributed by atoms with E-state index in [0.717, 1.165) is 16.6 Å². The summed E-state index contributed by atoms with van der Waals surface area (Å²) < 4.78 is 10.6. The van der Waals surface area contributed by atoms with Crippen LogP contribution in [0.4, 0.5) is 0 Å². The van der Waals surface area contributed by atoms with Gasteiger partial charge >= 0.3 is 7.12 Å². The highest BCUT2D eigenvalue weighted by molar-refractivity contribution is 6.62. The van der Waals surface area contributed by atoms with Crippen molar-refractivity contribution in [1.82, 2.24) is 0 Å². The first-order valence-electron chi connectivity index (χ1n) is 5.19. The normalized spacial score (nSPS) is 8.94. The van der Waals surface area contributed by atoms with Crippen LogP contribution in [-0.4, -0.2) is 7.12 Å². The highest BCUT2D eigenvalue weighted by atomic mass is 16.6. The van der Waals surface area contributed by atoms with Crippen molar-refractivity contribution in [3.05, 3.63) is 68.2 Å². The molecule has 0 aliphatic rings. The number of rotatable bonds is 7. The van der Waals surface area contributed by atoms with Gasteiger partial charge in [-0.3, -0.25) is 0 Å². The summed E-state index contributed by atoms with van der Waals surface area (Å²) in [4.78, 5) is 0. The summed E-state index contributed by atoms with van der Waals surface area (Å²) in [7, 11) is -0.571. The van der Waals surface area contributed by atoms with Crippen LogP contribution >= 0.6 is 0 Å². The summed E-state index contributed by atoms with van der Waals surface area (Å²) >= 11 is 0. The van der Waals surface area contributed by atoms with Crippen LogP contribution in [0.1, 0.15) is 11.1 Å². The molecule has 0 N–H and O–H groups in total. The third-order valence-corrected chi connectivity index (χ3v) is 2.29. The second kappa shape index (κ2) is 6.43. The molecule has 0 spiro atoms. The second-order valence-corrected chi connectivity index (χ2v) is 3.20. The zero-order valence-electron chi connectivity index (χ0n) is 9.76. The van der Waals surface area contributed by atoms with Gasteiger partial charge in [0.25, 0.3) is 0 Å². The first-order valence-corrected chi connectivity index (χ1v) is 5.19. The molecule has 1 aromatic rings. The van der Waals surface area contributed by atoms with Gasteiger partial charge in [-0.2, -0.15) is 0 Å². The molecule has 0 aliphatic heterocycles. The third kappa shape index (κ3) is 2.91. The van der Waals surface area contributed by atoms with Crippen molar-refractivity contribution in [3.8, 4) is 0 Å². The molecule has 0 bridgehead atoms. The molecule has 3 heteroatoms. The summed E-state index contributed by atoms with van der Waals surface area (Å²) in [5.74, 6) is 0. The predicted molar refractivity (Wildman–Crippen MR) is 74.6 cm³/mol. The first-order chi connectivity index (χ1) is 8.28. The summed E-state index contributed by atoms with van der Waals surface area (Å²) in [5, 5.41) is 0. The Labute approximate surface area is 103 Å². The molecule has 17 heavy (non-hydrogen) atoms. The van der Waals surface area contributed by atoms with Crippen molar-refractivity contribution < 1.29 is 9.31 Å². The summed E-state index contributed by atoms with van der Waals surface area (Å²) in [5.41, 5.74) is 2.76. The van der Waals surface area contributed by atoms with Crippen molar-refractivity contribution in [2.24, 2.45) is 0 Å². The zero-order valence-corrected chi connectivity index (χ0v) is 9.76. The Morgan fingerprint density at radius 1 is 0.941 bits per heavy atom. The van der Waals surface area contributed by atoms with E-state index >= 15 is 0 Å². The van der Waals surface area contributed by atoms with Gasteiger partial charge in [-0.15, -0.1) is 0 Å². The molecule has 0 radical (unpaired) electrons. The van der Waals surface area contributed by atoms with Gasteiger partial charge < -0.3 is 9.31 Å². The average Bonchev–Trinajstić information content (AvgIpc) is 2.37. The summed E-state index contributed by atoms with van der Waals surface area (Å²) in [6, 6.07) is 5.76. The summed E-state index contributed by atoms with van der Waals surface area (Å²) in [6.07, 6.45) is 6.18. The van der Waals surface area contributed by atoms with Crippen molar-refractivity contribution in [2.75, 3.05) is 0 Å². The lowest BCUT2D eigenvalue weighted by atomic mass is 9.74. The molecule has 0 aliphatic carbocycles. The van der Waals surface area contributed by atoms with Gasteiger partial charge in [0.15, 0.2) is 0 Å². The maximum atomic E-state index is 5.30. The largest absolute Gasteiger partial charge is 0.632 e. The second-order valence-electron chi connectivity index (χ2n) is 3.20. The molecular formula is C14H15BO2. The Kier molecular flexibility index (Phi) is 4.89. The van der Waals surface area contributed by atoms with Crippen molar-refractivity contribution >= 4 is 24.7 Å². The van der Waals surface area contributed by atoms with Crippen LogP contribution in [0, 0.1) is 0 Å².